The summed E-state index contributed by atoms with van der Waals surface area (Å²) >= 11 is 0. The Morgan fingerprint density at radius 2 is 2.00 bits per heavy atom. The Kier molecular flexibility index (Phi) is 3.13. The number of hydrogen-bond donors (Lipinski definition) is 1. The van der Waals surface area contributed by atoms with E-state index in [1.165, 1.54) is 10.7 Å². The molecule has 0 radical (unpaired) electrons. The van der Waals surface area contributed by atoms with Gasteiger partial charge in [0.05, 0.1) is 16.9 Å². The number of nitrogens with zero attached hydrogens (tertiary/aromatic N) is 2. The third-order valence-corrected chi connectivity index (χ3v) is 2.60. The zero-order valence-electron chi connectivity index (χ0n) is 9.70. The Labute approximate surface area is 102 Å². The van der Waals surface area contributed by atoms with Crippen LogP contribution in [0.15, 0.2) is 30.5 Å². The van der Waals surface area contributed by atoms with Crippen LogP contribution < -0.4 is 5.73 Å². The molecule has 2 aromatic rings. The molecule has 0 saturated carbocycles. The predicted octanol–water partition coefficient (Wildman–Crippen LogP) is 2.66. The topological polar surface area (TPSA) is 43.8 Å². The fourth-order valence-corrected chi connectivity index (χ4v) is 1.70. The van der Waals surface area contributed by atoms with Crippen LogP contribution in [0.4, 0.5) is 13.2 Å². The molecule has 0 unspecified atom stereocenters. The van der Waals surface area contributed by atoms with Crippen molar-refractivity contribution in [1.82, 2.24) is 9.78 Å². The van der Waals surface area contributed by atoms with E-state index < -0.39 is 11.7 Å². The lowest BCUT2D eigenvalue weighted by molar-refractivity contribution is -0.137. The number of nitrogens with two attached hydrogens (primary N) is 1. The van der Waals surface area contributed by atoms with Gasteiger partial charge in [-0.05, 0) is 36.8 Å². The molecule has 0 fully saturated rings. The van der Waals surface area contributed by atoms with Crippen LogP contribution in [-0.2, 0) is 12.7 Å². The normalized spacial score (nSPS) is 11.8. The lowest BCUT2D eigenvalue weighted by atomic mass is 10.1. The van der Waals surface area contributed by atoms with Gasteiger partial charge in [0.2, 0.25) is 0 Å². The van der Waals surface area contributed by atoms with Crippen LogP contribution in [0.2, 0.25) is 0 Å². The smallest absolute Gasteiger partial charge is 0.326 e. The maximum absolute atomic E-state index is 12.6. The monoisotopic (exact) mass is 255 g/mol. The van der Waals surface area contributed by atoms with Crippen LogP contribution in [0.1, 0.15) is 16.8 Å². The first kappa shape index (κ1) is 12.6. The number of aromatic nitrogens is 2. The van der Waals surface area contributed by atoms with Gasteiger partial charge in [-0.15, -0.1) is 0 Å². The highest BCUT2D eigenvalue weighted by Gasteiger charge is 2.31. The second-order valence-electron chi connectivity index (χ2n) is 3.95. The molecular formula is C12H12F3N3. The molecular weight excluding hydrogens is 243 g/mol. The van der Waals surface area contributed by atoms with Crippen LogP contribution >= 0.6 is 0 Å². The van der Waals surface area contributed by atoms with Crippen molar-refractivity contribution in [3.8, 4) is 5.69 Å². The lowest BCUT2D eigenvalue weighted by Crippen LogP contribution is -2.10. The van der Waals surface area contributed by atoms with Gasteiger partial charge < -0.3 is 5.73 Å². The summed E-state index contributed by atoms with van der Waals surface area (Å²) in [5, 5.41) is 4.16. The van der Waals surface area contributed by atoms with Crippen molar-refractivity contribution in [3.05, 3.63) is 47.3 Å². The third kappa shape index (κ3) is 2.38. The van der Waals surface area contributed by atoms with E-state index in [4.69, 9.17) is 5.73 Å². The standard InChI is InChI=1S/C12H12F3N3/c1-8-4-5-18(17-8)11-3-2-10(12(13,14)15)6-9(11)7-16/h2-6H,7,16H2,1H3. The van der Waals surface area contributed by atoms with Crippen molar-refractivity contribution in [2.24, 2.45) is 5.73 Å². The Balaban J connectivity index is 2.50. The second kappa shape index (κ2) is 4.45. The maximum atomic E-state index is 12.6. The van der Waals surface area contributed by atoms with Gasteiger partial charge in [0.15, 0.2) is 0 Å². The molecule has 3 nitrogen and oxygen atoms in total. The molecule has 1 aromatic carbocycles. The number of aryl methyl sites for hydroxylation is 1. The van der Waals surface area contributed by atoms with Crippen LogP contribution in [-0.4, -0.2) is 9.78 Å². The predicted molar refractivity (Wildman–Crippen MR) is 61.2 cm³/mol. The van der Waals surface area contributed by atoms with Crippen molar-refractivity contribution in [3.63, 3.8) is 0 Å². The number of halogens is 3. The molecule has 1 aromatic heterocycles. The van der Waals surface area contributed by atoms with Crippen molar-refractivity contribution in [1.29, 1.82) is 0 Å². The molecule has 2 rings (SSSR count). The van der Waals surface area contributed by atoms with E-state index in [-0.39, 0.29) is 6.54 Å². The fourth-order valence-electron chi connectivity index (χ4n) is 1.70. The molecule has 0 bridgehead atoms. The Bertz CT molecular complexity index is 558. The highest BCUT2D eigenvalue weighted by molar-refractivity contribution is 5.43. The van der Waals surface area contributed by atoms with E-state index >= 15 is 0 Å². The van der Waals surface area contributed by atoms with Crippen molar-refractivity contribution >= 4 is 0 Å². The Morgan fingerprint density at radius 3 is 2.50 bits per heavy atom. The van der Waals surface area contributed by atoms with E-state index in [2.05, 4.69) is 5.10 Å². The summed E-state index contributed by atoms with van der Waals surface area (Å²) in [5.41, 5.74) is 6.57. The average Bonchev–Trinajstić information content (AvgIpc) is 2.73. The first-order valence-corrected chi connectivity index (χ1v) is 5.34. The summed E-state index contributed by atoms with van der Waals surface area (Å²) in [7, 11) is 0. The minimum atomic E-state index is -4.36. The molecule has 0 aliphatic heterocycles. The van der Waals surface area contributed by atoms with Crippen LogP contribution in [0.3, 0.4) is 0 Å². The number of benzene rings is 1. The molecule has 0 amide bonds. The molecule has 0 spiro atoms. The molecule has 1 heterocycles. The van der Waals surface area contributed by atoms with Crippen LogP contribution in [0.5, 0.6) is 0 Å². The first-order valence-electron chi connectivity index (χ1n) is 5.34. The van der Waals surface area contributed by atoms with Gasteiger partial charge in [-0.1, -0.05) is 0 Å². The number of hydrogen-bond acceptors (Lipinski definition) is 2. The van der Waals surface area contributed by atoms with Crippen molar-refractivity contribution < 1.29 is 13.2 Å². The molecule has 0 saturated heterocycles. The van der Waals surface area contributed by atoms with Gasteiger partial charge in [-0.25, -0.2) is 4.68 Å². The summed E-state index contributed by atoms with van der Waals surface area (Å²) < 4.78 is 39.3. The van der Waals surface area contributed by atoms with Gasteiger partial charge in [0.1, 0.15) is 0 Å². The zero-order chi connectivity index (χ0) is 13.3. The SMILES string of the molecule is Cc1ccn(-c2ccc(C(F)(F)F)cc2CN)n1. The van der Waals surface area contributed by atoms with Gasteiger partial charge in [-0.2, -0.15) is 18.3 Å². The summed E-state index contributed by atoms with van der Waals surface area (Å²) in [6.07, 6.45) is -2.67. The fraction of sp³-hybridized carbons (Fsp3) is 0.250. The Hall–Kier alpha value is -1.82. The first-order chi connectivity index (χ1) is 8.41. The van der Waals surface area contributed by atoms with E-state index in [0.717, 1.165) is 17.8 Å². The zero-order valence-corrected chi connectivity index (χ0v) is 9.70. The van der Waals surface area contributed by atoms with Gasteiger partial charge in [-0.3, -0.25) is 0 Å². The summed E-state index contributed by atoms with van der Waals surface area (Å²) in [6.45, 7) is 1.83. The highest BCUT2D eigenvalue weighted by Crippen LogP contribution is 2.31. The number of rotatable bonds is 2. The largest absolute Gasteiger partial charge is 0.416 e. The molecule has 18 heavy (non-hydrogen) atoms. The molecule has 0 aliphatic carbocycles. The van der Waals surface area contributed by atoms with Crippen LogP contribution in [0.25, 0.3) is 5.69 Å². The average molecular weight is 255 g/mol. The minimum absolute atomic E-state index is 0.0260. The molecule has 2 N–H and O–H groups in total. The lowest BCUT2D eigenvalue weighted by Gasteiger charge is -2.12. The number of alkyl halides is 3. The van der Waals surface area contributed by atoms with Gasteiger partial charge in [0, 0.05) is 12.7 Å². The second-order valence-corrected chi connectivity index (χ2v) is 3.95. The maximum Gasteiger partial charge on any atom is 0.416 e. The Morgan fingerprint density at radius 1 is 1.28 bits per heavy atom. The van der Waals surface area contributed by atoms with Gasteiger partial charge >= 0.3 is 6.18 Å². The summed E-state index contributed by atoms with van der Waals surface area (Å²) in [4.78, 5) is 0. The van der Waals surface area contributed by atoms with Gasteiger partial charge in [0.25, 0.3) is 0 Å². The van der Waals surface area contributed by atoms with Crippen molar-refractivity contribution in [2.75, 3.05) is 0 Å². The quantitative estimate of drug-likeness (QED) is 0.896. The third-order valence-electron chi connectivity index (χ3n) is 2.60. The molecule has 6 heteroatoms. The highest BCUT2D eigenvalue weighted by atomic mass is 19.4. The van der Waals surface area contributed by atoms with Crippen molar-refractivity contribution in [2.45, 2.75) is 19.6 Å². The van der Waals surface area contributed by atoms with Crippen LogP contribution in [0, 0.1) is 6.92 Å². The van der Waals surface area contributed by atoms with E-state index in [0.29, 0.717) is 11.3 Å². The molecule has 0 aliphatic rings. The van der Waals surface area contributed by atoms with E-state index in [1.807, 2.05) is 6.92 Å². The summed E-state index contributed by atoms with van der Waals surface area (Å²) in [5.74, 6) is 0. The minimum Gasteiger partial charge on any atom is -0.326 e. The molecule has 96 valence electrons. The van der Waals surface area contributed by atoms with E-state index in [1.54, 1.807) is 12.3 Å². The molecule has 0 atom stereocenters. The summed E-state index contributed by atoms with van der Waals surface area (Å²) in [6, 6.07) is 5.26. The van der Waals surface area contributed by atoms with E-state index in [9.17, 15) is 13.2 Å².